The van der Waals surface area contributed by atoms with Crippen molar-refractivity contribution in [2.75, 3.05) is 6.26 Å². The molecule has 0 aromatic carbocycles. The van der Waals surface area contributed by atoms with Crippen molar-refractivity contribution in [3.63, 3.8) is 0 Å². The molecule has 0 saturated heterocycles. The first-order valence-corrected chi connectivity index (χ1v) is 8.06. The molecule has 2 aromatic rings. The first-order chi connectivity index (χ1) is 10.0. The second-order valence-electron chi connectivity index (χ2n) is 5.01. The van der Waals surface area contributed by atoms with Crippen molar-refractivity contribution < 1.29 is 4.79 Å². The normalized spacial score (nSPS) is 12.4. The molecule has 6 nitrogen and oxygen atoms in total. The fourth-order valence-electron chi connectivity index (χ4n) is 2.26. The van der Waals surface area contributed by atoms with Crippen molar-refractivity contribution in [2.24, 2.45) is 7.05 Å². The molecule has 0 bridgehead atoms. The molecule has 2 heterocycles. The van der Waals surface area contributed by atoms with Gasteiger partial charge in [-0.25, -0.2) is 9.97 Å². The van der Waals surface area contributed by atoms with Crippen LogP contribution in [0.15, 0.2) is 23.7 Å². The maximum Gasteiger partial charge on any atom is 0.222 e. The number of hydrogen-bond acceptors (Lipinski definition) is 4. The predicted molar refractivity (Wildman–Crippen MR) is 83.1 cm³/mol. The van der Waals surface area contributed by atoms with Crippen molar-refractivity contribution in [1.82, 2.24) is 24.4 Å². The number of aryl methyl sites for hydroxylation is 1. The Kier molecular flexibility index (Phi) is 5.06. The van der Waals surface area contributed by atoms with E-state index >= 15 is 0 Å². The Morgan fingerprint density at radius 3 is 2.81 bits per heavy atom. The zero-order valence-electron chi connectivity index (χ0n) is 12.8. The summed E-state index contributed by atoms with van der Waals surface area (Å²) in [6, 6.07) is 0.0980. The summed E-state index contributed by atoms with van der Waals surface area (Å²) in [5.41, 5.74) is 0.999. The summed E-state index contributed by atoms with van der Waals surface area (Å²) >= 11 is 1.59. The van der Waals surface area contributed by atoms with Crippen LogP contribution in [-0.4, -0.2) is 31.3 Å². The minimum Gasteiger partial charge on any atom is -0.350 e. The monoisotopic (exact) mass is 307 g/mol. The minimum absolute atomic E-state index is 0.0301. The molecule has 0 fully saturated rings. The molecule has 0 saturated carbocycles. The second kappa shape index (κ2) is 6.80. The lowest BCUT2D eigenvalue weighted by Gasteiger charge is -2.15. The third kappa shape index (κ3) is 3.66. The number of carbonyl (C=O) groups excluding carboxylic acids is 1. The van der Waals surface area contributed by atoms with Crippen LogP contribution in [0.3, 0.4) is 0 Å². The molecule has 1 N–H and O–H groups in total. The molecule has 21 heavy (non-hydrogen) atoms. The summed E-state index contributed by atoms with van der Waals surface area (Å²) in [4.78, 5) is 20.5. The average molecular weight is 307 g/mol. The molecule has 0 spiro atoms. The van der Waals surface area contributed by atoms with Crippen molar-refractivity contribution >= 4 is 17.7 Å². The molecule has 2 rings (SSSR count). The number of rotatable bonds is 6. The zero-order valence-corrected chi connectivity index (χ0v) is 13.6. The molecule has 0 unspecified atom stereocenters. The Morgan fingerprint density at radius 1 is 1.48 bits per heavy atom. The predicted octanol–water partition coefficient (Wildman–Crippen LogP) is 1.91. The maximum absolute atomic E-state index is 12.0. The average Bonchev–Trinajstić information content (AvgIpc) is 3.02. The highest BCUT2D eigenvalue weighted by atomic mass is 32.2. The maximum atomic E-state index is 12.0. The third-order valence-electron chi connectivity index (χ3n) is 3.51. The van der Waals surface area contributed by atoms with Gasteiger partial charge in [0, 0.05) is 31.9 Å². The standard InChI is InChI=1S/C14H21N5OS/c1-10(19-6-5-15-11(19)2)7-13(20)16-8-12-9-17-14(21-4)18(12)3/h5-6,9-10H,7-8H2,1-4H3,(H,16,20)/t10-/m0/s1. The second-order valence-corrected chi connectivity index (χ2v) is 5.78. The lowest BCUT2D eigenvalue weighted by molar-refractivity contribution is -0.121. The first-order valence-electron chi connectivity index (χ1n) is 6.83. The Morgan fingerprint density at radius 2 is 2.24 bits per heavy atom. The fraction of sp³-hybridized carbons (Fsp3) is 0.500. The summed E-state index contributed by atoms with van der Waals surface area (Å²) in [6.07, 6.45) is 7.88. The smallest absolute Gasteiger partial charge is 0.222 e. The fourth-order valence-corrected chi connectivity index (χ4v) is 2.81. The molecule has 0 aliphatic heterocycles. The van der Waals surface area contributed by atoms with Gasteiger partial charge in [0.1, 0.15) is 5.82 Å². The lowest BCUT2D eigenvalue weighted by atomic mass is 10.2. The van der Waals surface area contributed by atoms with Crippen molar-refractivity contribution in [2.45, 2.75) is 38.0 Å². The van der Waals surface area contributed by atoms with E-state index in [1.165, 1.54) is 0 Å². The minimum atomic E-state index is 0.0301. The van der Waals surface area contributed by atoms with Crippen molar-refractivity contribution in [3.05, 3.63) is 30.1 Å². The number of nitrogens with zero attached hydrogens (tertiary/aromatic N) is 4. The number of hydrogen-bond donors (Lipinski definition) is 1. The summed E-state index contributed by atoms with van der Waals surface area (Å²) in [5, 5.41) is 3.89. The molecular formula is C14H21N5OS. The molecule has 114 valence electrons. The van der Waals surface area contributed by atoms with Gasteiger partial charge in [0.2, 0.25) is 5.91 Å². The summed E-state index contributed by atoms with van der Waals surface area (Å²) in [6.45, 7) is 4.46. The quantitative estimate of drug-likeness (QED) is 0.828. The van der Waals surface area contributed by atoms with Crippen LogP contribution in [-0.2, 0) is 18.4 Å². The van der Waals surface area contributed by atoms with Crippen molar-refractivity contribution in [1.29, 1.82) is 0 Å². The van der Waals surface area contributed by atoms with Crippen LogP contribution in [0.2, 0.25) is 0 Å². The van der Waals surface area contributed by atoms with E-state index in [9.17, 15) is 4.79 Å². The number of aromatic nitrogens is 4. The number of imidazole rings is 2. The highest BCUT2D eigenvalue weighted by Crippen LogP contribution is 2.14. The van der Waals surface area contributed by atoms with Gasteiger partial charge in [-0.05, 0) is 20.1 Å². The summed E-state index contributed by atoms with van der Waals surface area (Å²) < 4.78 is 4.00. The Labute approximate surface area is 129 Å². The van der Waals surface area contributed by atoms with E-state index in [2.05, 4.69) is 15.3 Å². The van der Waals surface area contributed by atoms with Crippen LogP contribution < -0.4 is 5.32 Å². The third-order valence-corrected chi connectivity index (χ3v) is 4.25. The van der Waals surface area contributed by atoms with E-state index in [0.717, 1.165) is 16.7 Å². The van der Waals surface area contributed by atoms with Gasteiger partial charge in [-0.3, -0.25) is 4.79 Å². The Hall–Kier alpha value is -1.76. The van der Waals surface area contributed by atoms with Crippen LogP contribution in [0.25, 0.3) is 0 Å². The summed E-state index contributed by atoms with van der Waals surface area (Å²) in [5.74, 6) is 0.953. The van der Waals surface area contributed by atoms with Gasteiger partial charge in [-0.15, -0.1) is 0 Å². The molecule has 2 aromatic heterocycles. The highest BCUT2D eigenvalue weighted by Gasteiger charge is 2.13. The molecule has 7 heteroatoms. The number of nitrogens with one attached hydrogen (secondary N) is 1. The van der Waals surface area contributed by atoms with Gasteiger partial charge in [0.25, 0.3) is 0 Å². The van der Waals surface area contributed by atoms with Crippen LogP contribution in [0.1, 0.15) is 30.9 Å². The van der Waals surface area contributed by atoms with Crippen LogP contribution in [0, 0.1) is 6.92 Å². The van der Waals surface area contributed by atoms with E-state index in [0.29, 0.717) is 13.0 Å². The van der Waals surface area contributed by atoms with Gasteiger partial charge < -0.3 is 14.5 Å². The Bertz CT molecular complexity index is 619. The van der Waals surface area contributed by atoms with E-state index in [4.69, 9.17) is 0 Å². The molecule has 1 amide bonds. The molecule has 0 radical (unpaired) electrons. The topological polar surface area (TPSA) is 64.7 Å². The molecule has 0 aliphatic rings. The number of amides is 1. The first kappa shape index (κ1) is 15.6. The zero-order chi connectivity index (χ0) is 15.4. The van der Waals surface area contributed by atoms with Gasteiger partial charge in [0.05, 0.1) is 18.4 Å². The molecular weight excluding hydrogens is 286 g/mol. The molecule has 0 aliphatic carbocycles. The number of carbonyl (C=O) groups is 1. The van der Waals surface area contributed by atoms with E-state index in [-0.39, 0.29) is 11.9 Å². The Balaban J connectivity index is 1.87. The van der Waals surface area contributed by atoms with Crippen molar-refractivity contribution in [3.8, 4) is 0 Å². The SMILES string of the molecule is CSc1ncc(CNC(=O)C[C@H](C)n2ccnc2C)n1C. The lowest BCUT2D eigenvalue weighted by Crippen LogP contribution is -2.26. The largest absolute Gasteiger partial charge is 0.350 e. The number of thioether (sulfide) groups is 1. The van der Waals surface area contributed by atoms with Gasteiger partial charge in [-0.2, -0.15) is 0 Å². The van der Waals surface area contributed by atoms with Gasteiger partial charge in [0.15, 0.2) is 5.16 Å². The van der Waals surface area contributed by atoms with E-state index in [1.54, 1.807) is 24.2 Å². The molecule has 1 atom stereocenters. The van der Waals surface area contributed by atoms with E-state index < -0.39 is 0 Å². The van der Waals surface area contributed by atoms with Gasteiger partial charge >= 0.3 is 0 Å². The summed E-state index contributed by atoms with van der Waals surface area (Å²) in [7, 11) is 1.96. The van der Waals surface area contributed by atoms with Crippen LogP contribution in [0.4, 0.5) is 0 Å². The van der Waals surface area contributed by atoms with Gasteiger partial charge in [-0.1, -0.05) is 11.8 Å². The van der Waals surface area contributed by atoms with E-state index in [1.807, 2.05) is 42.5 Å². The van der Waals surface area contributed by atoms with Crippen LogP contribution in [0.5, 0.6) is 0 Å². The van der Waals surface area contributed by atoms with Crippen LogP contribution >= 0.6 is 11.8 Å². The highest BCUT2D eigenvalue weighted by molar-refractivity contribution is 7.98.